The molecule has 1 rings (SSSR count). The van der Waals surface area contributed by atoms with Crippen LogP contribution in [0.5, 0.6) is 0 Å². The minimum atomic E-state index is -1.04. The van der Waals surface area contributed by atoms with Crippen LogP contribution in [0.4, 0.5) is 0 Å². The van der Waals surface area contributed by atoms with Gasteiger partial charge in [0.2, 0.25) is 6.29 Å². The van der Waals surface area contributed by atoms with Crippen LogP contribution in [0.15, 0.2) is 48.1 Å². The summed E-state index contributed by atoms with van der Waals surface area (Å²) >= 11 is 0. The number of ether oxygens (including phenoxy) is 2. The summed E-state index contributed by atoms with van der Waals surface area (Å²) in [5.74, 6) is -1.47. The normalized spacial score (nSPS) is 12.0. The summed E-state index contributed by atoms with van der Waals surface area (Å²) in [5, 5.41) is 9.13. The highest BCUT2D eigenvalue weighted by Crippen LogP contribution is 2.12. The lowest BCUT2D eigenvalue weighted by molar-refractivity contribution is -0.183. The van der Waals surface area contributed by atoms with E-state index >= 15 is 0 Å². The van der Waals surface area contributed by atoms with Gasteiger partial charge in [0.15, 0.2) is 0 Å². The average Bonchev–Trinajstić information content (AvgIpc) is 2.53. The lowest BCUT2D eigenvalue weighted by atomic mass is 10.1. The number of benzene rings is 1. The Morgan fingerprint density at radius 3 is 2.39 bits per heavy atom. The Hall–Kier alpha value is -2.87. The molecule has 0 saturated heterocycles. The molecule has 0 saturated carbocycles. The smallest absolute Gasteiger partial charge is 0.351 e. The Morgan fingerprint density at radius 1 is 1.26 bits per heavy atom. The minimum absolute atomic E-state index is 0.163. The topological polar surface area (TPSA) is 76.4 Å². The number of carbonyl (C=O) groups is 2. The lowest BCUT2D eigenvalue weighted by Crippen LogP contribution is -2.25. The molecular weight excluding hydrogens is 294 g/mol. The Kier molecular flexibility index (Phi) is 7.28. The van der Waals surface area contributed by atoms with Crippen LogP contribution in [-0.2, 0) is 19.1 Å². The van der Waals surface area contributed by atoms with Crippen LogP contribution in [0, 0.1) is 11.3 Å². The predicted molar refractivity (Wildman–Crippen MR) is 85.7 cm³/mol. The molecule has 5 heteroatoms. The zero-order valence-corrected chi connectivity index (χ0v) is 13.2. The summed E-state index contributed by atoms with van der Waals surface area (Å²) < 4.78 is 10.2. The van der Waals surface area contributed by atoms with Gasteiger partial charge in [0.05, 0.1) is 0 Å². The summed E-state index contributed by atoms with van der Waals surface area (Å²) in [6.07, 6.45) is 1.37. The second kappa shape index (κ2) is 9.21. The number of nitrogens with zero attached hydrogens (tertiary/aromatic N) is 1. The fourth-order valence-electron chi connectivity index (χ4n) is 1.63. The van der Waals surface area contributed by atoms with Crippen molar-refractivity contribution in [3.63, 3.8) is 0 Å². The first kappa shape index (κ1) is 18.2. The van der Waals surface area contributed by atoms with Gasteiger partial charge in [0.1, 0.15) is 11.6 Å². The molecule has 1 unspecified atom stereocenters. The van der Waals surface area contributed by atoms with Gasteiger partial charge in [-0.2, -0.15) is 5.26 Å². The van der Waals surface area contributed by atoms with Crippen molar-refractivity contribution in [3.8, 4) is 6.07 Å². The standard InChI is InChI=1S/C18H19NO4/c1-4-8-16(22-17(20)13(2)3)23-18(21)15(12-19)11-14-9-6-5-7-10-14/h5-7,9-11,16H,2,4,8H2,1,3H3/b15-11+. The van der Waals surface area contributed by atoms with Crippen molar-refractivity contribution >= 4 is 18.0 Å². The van der Waals surface area contributed by atoms with Crippen LogP contribution < -0.4 is 0 Å². The number of nitriles is 1. The van der Waals surface area contributed by atoms with Gasteiger partial charge in [-0.05, 0) is 25.0 Å². The van der Waals surface area contributed by atoms with Gasteiger partial charge in [-0.1, -0.05) is 43.8 Å². The van der Waals surface area contributed by atoms with E-state index in [-0.39, 0.29) is 11.1 Å². The summed E-state index contributed by atoms with van der Waals surface area (Å²) in [5.41, 5.74) is 0.748. The van der Waals surface area contributed by atoms with Gasteiger partial charge in [-0.15, -0.1) is 0 Å². The molecular formula is C18H19NO4. The van der Waals surface area contributed by atoms with Gasteiger partial charge in [-0.3, -0.25) is 0 Å². The maximum Gasteiger partial charge on any atom is 0.351 e. The maximum atomic E-state index is 12.1. The number of esters is 2. The van der Waals surface area contributed by atoms with Gasteiger partial charge in [-0.25, -0.2) is 9.59 Å². The first-order valence-electron chi connectivity index (χ1n) is 7.22. The minimum Gasteiger partial charge on any atom is -0.422 e. The Balaban J connectivity index is 2.84. The fraction of sp³-hybridized carbons (Fsp3) is 0.278. The predicted octanol–water partition coefficient (Wildman–Crippen LogP) is 3.38. The largest absolute Gasteiger partial charge is 0.422 e. The van der Waals surface area contributed by atoms with E-state index in [1.807, 2.05) is 13.0 Å². The van der Waals surface area contributed by atoms with E-state index in [2.05, 4.69) is 6.58 Å². The Bertz CT molecular complexity index is 641. The van der Waals surface area contributed by atoms with Crippen molar-refractivity contribution in [1.29, 1.82) is 5.26 Å². The molecule has 0 fully saturated rings. The molecule has 1 aromatic carbocycles. The van der Waals surface area contributed by atoms with E-state index in [0.29, 0.717) is 18.4 Å². The molecule has 1 aromatic rings. The summed E-state index contributed by atoms with van der Waals surface area (Å²) in [6.45, 7) is 6.84. The number of carbonyl (C=O) groups excluding carboxylic acids is 2. The van der Waals surface area contributed by atoms with Crippen molar-refractivity contribution in [2.24, 2.45) is 0 Å². The van der Waals surface area contributed by atoms with E-state index in [1.54, 1.807) is 30.3 Å². The van der Waals surface area contributed by atoms with Crippen molar-refractivity contribution in [1.82, 2.24) is 0 Å². The molecule has 0 aliphatic rings. The fourth-order valence-corrected chi connectivity index (χ4v) is 1.63. The van der Waals surface area contributed by atoms with Gasteiger partial charge < -0.3 is 9.47 Å². The molecule has 0 aliphatic heterocycles. The molecule has 120 valence electrons. The average molecular weight is 313 g/mol. The Labute approximate surface area is 135 Å². The molecule has 0 heterocycles. The highest BCUT2D eigenvalue weighted by Gasteiger charge is 2.21. The molecule has 0 radical (unpaired) electrons. The van der Waals surface area contributed by atoms with E-state index in [0.717, 1.165) is 0 Å². The number of rotatable bonds is 7. The van der Waals surface area contributed by atoms with Crippen LogP contribution in [0.25, 0.3) is 6.08 Å². The summed E-state index contributed by atoms with van der Waals surface area (Å²) in [6, 6.07) is 10.7. The van der Waals surface area contributed by atoms with E-state index < -0.39 is 18.2 Å². The highest BCUT2D eigenvalue weighted by atomic mass is 16.7. The van der Waals surface area contributed by atoms with Crippen molar-refractivity contribution in [3.05, 3.63) is 53.6 Å². The maximum absolute atomic E-state index is 12.1. The van der Waals surface area contributed by atoms with E-state index in [9.17, 15) is 9.59 Å². The Morgan fingerprint density at radius 2 is 1.87 bits per heavy atom. The molecule has 0 amide bonds. The van der Waals surface area contributed by atoms with Crippen LogP contribution in [0.3, 0.4) is 0 Å². The number of hydrogen-bond acceptors (Lipinski definition) is 5. The van der Waals surface area contributed by atoms with Crippen LogP contribution in [-0.4, -0.2) is 18.2 Å². The third kappa shape index (κ3) is 6.18. The number of hydrogen-bond donors (Lipinski definition) is 0. The van der Waals surface area contributed by atoms with Gasteiger partial charge in [0.25, 0.3) is 0 Å². The van der Waals surface area contributed by atoms with Crippen molar-refractivity contribution in [2.45, 2.75) is 33.0 Å². The zero-order valence-electron chi connectivity index (χ0n) is 13.2. The monoisotopic (exact) mass is 313 g/mol. The van der Waals surface area contributed by atoms with E-state index in [4.69, 9.17) is 14.7 Å². The molecule has 1 atom stereocenters. The zero-order chi connectivity index (χ0) is 17.2. The van der Waals surface area contributed by atoms with Gasteiger partial charge in [0, 0.05) is 12.0 Å². The summed E-state index contributed by atoms with van der Waals surface area (Å²) in [4.78, 5) is 23.6. The van der Waals surface area contributed by atoms with Crippen LogP contribution in [0.1, 0.15) is 32.3 Å². The molecule has 23 heavy (non-hydrogen) atoms. The van der Waals surface area contributed by atoms with Gasteiger partial charge >= 0.3 is 11.9 Å². The third-order valence-corrected chi connectivity index (χ3v) is 2.80. The second-order valence-electron chi connectivity index (χ2n) is 4.89. The SMILES string of the molecule is C=C(C)C(=O)OC(CCC)OC(=O)/C(C#N)=C/c1ccccc1. The first-order chi connectivity index (χ1) is 11.0. The van der Waals surface area contributed by atoms with Crippen molar-refractivity contribution in [2.75, 3.05) is 0 Å². The first-order valence-corrected chi connectivity index (χ1v) is 7.22. The lowest BCUT2D eigenvalue weighted by Gasteiger charge is -2.17. The summed E-state index contributed by atoms with van der Waals surface area (Å²) in [7, 11) is 0. The van der Waals surface area contributed by atoms with E-state index in [1.165, 1.54) is 13.0 Å². The molecule has 0 aliphatic carbocycles. The van der Waals surface area contributed by atoms with Crippen LogP contribution >= 0.6 is 0 Å². The second-order valence-corrected chi connectivity index (χ2v) is 4.89. The molecule has 0 N–H and O–H groups in total. The van der Waals surface area contributed by atoms with Crippen molar-refractivity contribution < 1.29 is 19.1 Å². The molecule has 0 aromatic heterocycles. The van der Waals surface area contributed by atoms with Crippen LogP contribution in [0.2, 0.25) is 0 Å². The molecule has 0 spiro atoms. The highest BCUT2D eigenvalue weighted by molar-refractivity contribution is 5.98. The third-order valence-electron chi connectivity index (χ3n) is 2.80. The molecule has 5 nitrogen and oxygen atoms in total. The molecule has 0 bridgehead atoms. The quantitative estimate of drug-likeness (QED) is 0.334.